The van der Waals surface area contributed by atoms with E-state index in [-0.39, 0.29) is 0 Å². The molecular formula is C16H25N3O2. The summed E-state index contributed by atoms with van der Waals surface area (Å²) in [5, 5.41) is 3.44. The Bertz CT molecular complexity index is 408. The van der Waals surface area contributed by atoms with Gasteiger partial charge in [0.2, 0.25) is 5.88 Å². The molecule has 3 heterocycles. The Morgan fingerprint density at radius 2 is 2.05 bits per heavy atom. The number of hydrogen-bond donors (Lipinski definition) is 1. The van der Waals surface area contributed by atoms with Crippen LogP contribution in [0.1, 0.15) is 24.4 Å². The van der Waals surface area contributed by atoms with E-state index in [4.69, 9.17) is 9.47 Å². The quantitative estimate of drug-likeness (QED) is 0.910. The van der Waals surface area contributed by atoms with Crippen LogP contribution in [-0.4, -0.2) is 56.4 Å². The van der Waals surface area contributed by atoms with Crippen LogP contribution in [0.3, 0.4) is 0 Å². The summed E-state index contributed by atoms with van der Waals surface area (Å²) < 4.78 is 10.7. The molecule has 2 fully saturated rings. The molecule has 0 aliphatic carbocycles. The number of nitrogens with zero attached hydrogens (tertiary/aromatic N) is 2. The summed E-state index contributed by atoms with van der Waals surface area (Å²) in [4.78, 5) is 7.02. The molecule has 0 amide bonds. The molecule has 2 saturated heterocycles. The summed E-state index contributed by atoms with van der Waals surface area (Å²) in [6.45, 7) is 6.13. The van der Waals surface area contributed by atoms with Gasteiger partial charge in [-0.1, -0.05) is 6.07 Å². The highest BCUT2D eigenvalue weighted by atomic mass is 16.5. The SMILES string of the molecule is COc1ccc([C@@H](C2CCOCC2)N2CCNCC2)cn1. The van der Waals surface area contributed by atoms with Gasteiger partial charge in [0, 0.05) is 57.7 Å². The lowest BCUT2D eigenvalue weighted by Crippen LogP contribution is -2.47. The van der Waals surface area contributed by atoms with E-state index in [2.05, 4.69) is 21.3 Å². The minimum Gasteiger partial charge on any atom is -0.481 e. The largest absolute Gasteiger partial charge is 0.481 e. The van der Waals surface area contributed by atoms with Crippen molar-refractivity contribution in [2.24, 2.45) is 5.92 Å². The lowest BCUT2D eigenvalue weighted by Gasteiger charge is -2.41. The van der Waals surface area contributed by atoms with E-state index in [0.29, 0.717) is 17.8 Å². The first-order chi connectivity index (χ1) is 10.4. The van der Waals surface area contributed by atoms with Crippen LogP contribution in [0.5, 0.6) is 5.88 Å². The lowest BCUT2D eigenvalue weighted by atomic mass is 9.86. The Balaban J connectivity index is 1.82. The maximum absolute atomic E-state index is 5.54. The summed E-state index contributed by atoms with van der Waals surface area (Å²) in [5.74, 6) is 1.34. The Labute approximate surface area is 126 Å². The van der Waals surface area contributed by atoms with Crippen LogP contribution < -0.4 is 10.1 Å². The van der Waals surface area contributed by atoms with Crippen LogP contribution in [-0.2, 0) is 4.74 Å². The normalized spacial score (nSPS) is 22.9. The number of hydrogen-bond acceptors (Lipinski definition) is 5. The van der Waals surface area contributed by atoms with Gasteiger partial charge in [-0.05, 0) is 24.3 Å². The molecule has 21 heavy (non-hydrogen) atoms. The molecule has 116 valence electrons. The van der Waals surface area contributed by atoms with Crippen molar-refractivity contribution in [2.75, 3.05) is 46.5 Å². The lowest BCUT2D eigenvalue weighted by molar-refractivity contribution is 0.0212. The Kier molecular flexibility index (Phi) is 5.06. The minimum absolute atomic E-state index is 0.453. The Morgan fingerprint density at radius 1 is 1.29 bits per heavy atom. The standard InChI is InChI=1S/C16H25N3O2/c1-20-15-3-2-14(12-18-15)16(13-4-10-21-11-5-13)19-8-6-17-7-9-19/h2-3,12-13,16-17H,4-11H2,1H3/t16-/m1/s1. The molecule has 0 radical (unpaired) electrons. The number of ether oxygens (including phenoxy) is 2. The van der Waals surface area contributed by atoms with Gasteiger partial charge in [-0.15, -0.1) is 0 Å². The molecule has 0 saturated carbocycles. The summed E-state index contributed by atoms with van der Waals surface area (Å²) in [5.41, 5.74) is 1.31. The fourth-order valence-electron chi connectivity index (χ4n) is 3.46. The number of aromatic nitrogens is 1. The maximum atomic E-state index is 5.54. The van der Waals surface area contributed by atoms with Gasteiger partial charge in [0.1, 0.15) is 0 Å². The van der Waals surface area contributed by atoms with Crippen molar-refractivity contribution in [3.63, 3.8) is 0 Å². The number of nitrogens with one attached hydrogen (secondary N) is 1. The van der Waals surface area contributed by atoms with Gasteiger partial charge < -0.3 is 14.8 Å². The topological polar surface area (TPSA) is 46.6 Å². The van der Waals surface area contributed by atoms with Crippen LogP contribution in [0.25, 0.3) is 0 Å². The number of methoxy groups -OCH3 is 1. The van der Waals surface area contributed by atoms with Gasteiger partial charge in [-0.3, -0.25) is 4.90 Å². The van der Waals surface area contributed by atoms with E-state index in [1.165, 1.54) is 5.56 Å². The van der Waals surface area contributed by atoms with Crippen molar-refractivity contribution in [2.45, 2.75) is 18.9 Å². The molecule has 1 aromatic heterocycles. The van der Waals surface area contributed by atoms with Crippen LogP contribution in [0, 0.1) is 5.92 Å². The zero-order valence-electron chi connectivity index (χ0n) is 12.8. The van der Waals surface area contributed by atoms with Gasteiger partial charge in [-0.2, -0.15) is 0 Å². The first-order valence-corrected chi connectivity index (χ1v) is 7.91. The van der Waals surface area contributed by atoms with E-state index in [1.807, 2.05) is 12.3 Å². The van der Waals surface area contributed by atoms with Crippen molar-refractivity contribution in [1.29, 1.82) is 0 Å². The van der Waals surface area contributed by atoms with Crippen molar-refractivity contribution < 1.29 is 9.47 Å². The van der Waals surface area contributed by atoms with E-state index >= 15 is 0 Å². The fraction of sp³-hybridized carbons (Fsp3) is 0.688. The molecule has 0 unspecified atom stereocenters. The van der Waals surface area contributed by atoms with Crippen LogP contribution in [0.15, 0.2) is 18.3 Å². The number of rotatable bonds is 4. The van der Waals surface area contributed by atoms with Gasteiger partial charge in [0.25, 0.3) is 0 Å². The van der Waals surface area contributed by atoms with Gasteiger partial charge in [0.15, 0.2) is 0 Å². The van der Waals surface area contributed by atoms with Crippen molar-refractivity contribution in [3.05, 3.63) is 23.9 Å². The predicted molar refractivity (Wildman–Crippen MR) is 81.5 cm³/mol. The highest BCUT2D eigenvalue weighted by molar-refractivity contribution is 5.22. The average molecular weight is 291 g/mol. The molecule has 0 bridgehead atoms. The molecule has 1 N–H and O–H groups in total. The third kappa shape index (κ3) is 3.54. The highest BCUT2D eigenvalue weighted by Crippen LogP contribution is 2.35. The predicted octanol–water partition coefficient (Wildman–Crippen LogP) is 1.46. The molecule has 1 atom stereocenters. The maximum Gasteiger partial charge on any atom is 0.212 e. The Morgan fingerprint density at radius 3 is 2.67 bits per heavy atom. The van der Waals surface area contributed by atoms with Crippen molar-refractivity contribution in [1.82, 2.24) is 15.2 Å². The molecule has 5 heteroatoms. The van der Waals surface area contributed by atoms with Crippen LogP contribution >= 0.6 is 0 Å². The van der Waals surface area contributed by atoms with E-state index in [0.717, 1.165) is 52.2 Å². The average Bonchev–Trinajstić information content (AvgIpc) is 2.58. The van der Waals surface area contributed by atoms with E-state index < -0.39 is 0 Å². The third-order valence-corrected chi connectivity index (χ3v) is 4.57. The van der Waals surface area contributed by atoms with Crippen LogP contribution in [0.2, 0.25) is 0 Å². The number of pyridine rings is 1. The summed E-state index contributed by atoms with van der Waals surface area (Å²) in [6.07, 6.45) is 4.27. The zero-order chi connectivity index (χ0) is 14.5. The zero-order valence-corrected chi connectivity index (χ0v) is 12.8. The summed E-state index contributed by atoms with van der Waals surface area (Å²) >= 11 is 0. The summed E-state index contributed by atoms with van der Waals surface area (Å²) in [6, 6.07) is 4.60. The second kappa shape index (κ2) is 7.20. The number of piperazine rings is 1. The first kappa shape index (κ1) is 14.8. The minimum atomic E-state index is 0.453. The second-order valence-electron chi connectivity index (χ2n) is 5.81. The van der Waals surface area contributed by atoms with E-state index in [9.17, 15) is 0 Å². The first-order valence-electron chi connectivity index (χ1n) is 7.91. The smallest absolute Gasteiger partial charge is 0.212 e. The molecule has 2 aliphatic heterocycles. The summed E-state index contributed by atoms with van der Waals surface area (Å²) in [7, 11) is 1.66. The highest BCUT2D eigenvalue weighted by Gasteiger charge is 2.31. The fourth-order valence-corrected chi connectivity index (χ4v) is 3.46. The molecule has 0 aromatic carbocycles. The van der Waals surface area contributed by atoms with E-state index in [1.54, 1.807) is 7.11 Å². The molecule has 2 aliphatic rings. The molecule has 0 spiro atoms. The molecule has 5 nitrogen and oxygen atoms in total. The van der Waals surface area contributed by atoms with Crippen molar-refractivity contribution >= 4 is 0 Å². The monoisotopic (exact) mass is 291 g/mol. The second-order valence-corrected chi connectivity index (χ2v) is 5.81. The van der Waals surface area contributed by atoms with Gasteiger partial charge >= 0.3 is 0 Å². The molecule has 3 rings (SSSR count). The third-order valence-electron chi connectivity index (χ3n) is 4.57. The van der Waals surface area contributed by atoms with Crippen LogP contribution in [0.4, 0.5) is 0 Å². The Hall–Kier alpha value is -1.17. The van der Waals surface area contributed by atoms with Gasteiger partial charge in [-0.25, -0.2) is 4.98 Å². The van der Waals surface area contributed by atoms with Crippen molar-refractivity contribution in [3.8, 4) is 5.88 Å². The van der Waals surface area contributed by atoms with Gasteiger partial charge in [0.05, 0.1) is 7.11 Å². The molecule has 1 aromatic rings. The molecular weight excluding hydrogens is 266 g/mol.